The second-order valence-electron chi connectivity index (χ2n) is 6.82. The minimum Gasteiger partial charge on any atom is -0.438 e. The Labute approximate surface area is 177 Å². The van der Waals surface area contributed by atoms with E-state index in [4.69, 9.17) is 10.00 Å². The third-order valence-corrected chi connectivity index (χ3v) is 4.68. The van der Waals surface area contributed by atoms with Crippen LogP contribution in [0.2, 0.25) is 0 Å². The van der Waals surface area contributed by atoms with Crippen LogP contribution in [0.15, 0.2) is 65.6 Å². The van der Waals surface area contributed by atoms with Crippen molar-refractivity contribution in [2.45, 2.75) is 13.3 Å². The fraction of sp³-hybridized carbons (Fsp3) is 0.0870. The number of anilines is 1. The van der Waals surface area contributed by atoms with Gasteiger partial charge in [0.05, 0.1) is 17.5 Å². The highest BCUT2D eigenvalue weighted by atomic mass is 16.5. The van der Waals surface area contributed by atoms with Crippen molar-refractivity contribution in [1.82, 2.24) is 15.2 Å². The zero-order chi connectivity index (χ0) is 21.8. The molecule has 31 heavy (non-hydrogen) atoms. The number of aryl methyl sites for hydroxylation is 1. The molecule has 0 saturated heterocycles. The van der Waals surface area contributed by atoms with Crippen LogP contribution in [0, 0.1) is 18.3 Å². The smallest absolute Gasteiger partial charge is 0.272 e. The third kappa shape index (κ3) is 4.26. The Morgan fingerprint density at radius 3 is 2.74 bits per heavy atom. The first-order valence-electron chi connectivity index (χ1n) is 9.45. The number of nitriles is 1. The van der Waals surface area contributed by atoms with Gasteiger partial charge >= 0.3 is 0 Å². The second-order valence-corrected chi connectivity index (χ2v) is 6.82. The van der Waals surface area contributed by atoms with E-state index in [0.717, 1.165) is 5.56 Å². The molecule has 8 heteroatoms. The molecular formula is C23H17N5O3. The van der Waals surface area contributed by atoms with Crippen LogP contribution in [0.1, 0.15) is 16.8 Å². The number of nitrogens with zero attached hydrogens (tertiary/aromatic N) is 3. The van der Waals surface area contributed by atoms with Crippen LogP contribution in [-0.2, 0) is 11.2 Å². The van der Waals surface area contributed by atoms with Gasteiger partial charge in [-0.05, 0) is 48.9 Å². The first-order chi connectivity index (χ1) is 15.0. The number of hydrogen-bond donors (Lipinski definition) is 2. The monoisotopic (exact) mass is 411 g/mol. The highest BCUT2D eigenvalue weighted by Gasteiger charge is 2.13. The number of aromatic nitrogens is 3. The summed E-state index contributed by atoms with van der Waals surface area (Å²) in [6.07, 6.45) is 1.56. The normalized spacial score (nSPS) is 10.5. The van der Waals surface area contributed by atoms with E-state index in [0.29, 0.717) is 33.5 Å². The predicted octanol–water partition coefficient (Wildman–Crippen LogP) is 3.47. The van der Waals surface area contributed by atoms with Crippen LogP contribution in [0.4, 0.5) is 5.69 Å². The molecule has 0 aliphatic rings. The fourth-order valence-corrected chi connectivity index (χ4v) is 3.16. The molecule has 2 heterocycles. The molecule has 4 rings (SSSR count). The molecule has 8 nitrogen and oxygen atoms in total. The van der Waals surface area contributed by atoms with Gasteiger partial charge in [0, 0.05) is 17.3 Å². The maximum Gasteiger partial charge on any atom is 0.272 e. The summed E-state index contributed by atoms with van der Waals surface area (Å²) in [7, 11) is 0. The van der Waals surface area contributed by atoms with Gasteiger partial charge in [-0.15, -0.1) is 0 Å². The summed E-state index contributed by atoms with van der Waals surface area (Å²) in [5, 5.41) is 19.6. The van der Waals surface area contributed by atoms with Gasteiger partial charge in [-0.3, -0.25) is 9.59 Å². The van der Waals surface area contributed by atoms with Crippen molar-refractivity contribution in [2.75, 3.05) is 5.32 Å². The maximum absolute atomic E-state index is 12.6. The van der Waals surface area contributed by atoms with Gasteiger partial charge < -0.3 is 10.1 Å². The molecule has 152 valence electrons. The van der Waals surface area contributed by atoms with E-state index in [1.54, 1.807) is 60.8 Å². The molecule has 2 aromatic heterocycles. The van der Waals surface area contributed by atoms with Crippen molar-refractivity contribution in [2.24, 2.45) is 0 Å². The van der Waals surface area contributed by atoms with Crippen molar-refractivity contribution < 1.29 is 9.53 Å². The minimum absolute atomic E-state index is 0.00838. The van der Waals surface area contributed by atoms with Gasteiger partial charge in [0.2, 0.25) is 11.8 Å². The molecule has 2 aromatic carbocycles. The van der Waals surface area contributed by atoms with Crippen LogP contribution in [0.5, 0.6) is 11.6 Å². The number of fused-ring (bicyclic) bond motifs is 1. The van der Waals surface area contributed by atoms with Gasteiger partial charge in [-0.25, -0.2) is 10.1 Å². The number of aromatic amines is 1. The lowest BCUT2D eigenvalue weighted by atomic mass is 10.1. The predicted molar refractivity (Wildman–Crippen MR) is 115 cm³/mol. The van der Waals surface area contributed by atoms with Crippen molar-refractivity contribution in [3.63, 3.8) is 0 Å². The fourth-order valence-electron chi connectivity index (χ4n) is 3.16. The zero-order valence-corrected chi connectivity index (χ0v) is 16.5. The van der Waals surface area contributed by atoms with Crippen LogP contribution < -0.4 is 15.6 Å². The number of carbonyl (C=O) groups excluding carboxylic acids is 1. The second kappa shape index (κ2) is 8.47. The van der Waals surface area contributed by atoms with Crippen molar-refractivity contribution in [3.05, 3.63) is 88.0 Å². The Hall–Kier alpha value is -4.51. The summed E-state index contributed by atoms with van der Waals surface area (Å²) in [6.45, 7) is 1.83. The van der Waals surface area contributed by atoms with Crippen molar-refractivity contribution in [1.29, 1.82) is 5.26 Å². The summed E-state index contributed by atoms with van der Waals surface area (Å²) >= 11 is 0. The SMILES string of the molecule is Cc1cc(Oc2ncccc2C#N)ccc1NC(=O)Cc1n[nH]c(=O)c2ccccc12. The van der Waals surface area contributed by atoms with E-state index in [2.05, 4.69) is 20.5 Å². The molecule has 1 amide bonds. The highest BCUT2D eigenvalue weighted by Crippen LogP contribution is 2.27. The van der Waals surface area contributed by atoms with E-state index >= 15 is 0 Å². The van der Waals surface area contributed by atoms with E-state index < -0.39 is 0 Å². The molecule has 0 unspecified atom stereocenters. The van der Waals surface area contributed by atoms with Gasteiger partial charge in [-0.1, -0.05) is 18.2 Å². The van der Waals surface area contributed by atoms with E-state index in [1.807, 2.05) is 13.0 Å². The Kier molecular flexibility index (Phi) is 5.41. The largest absolute Gasteiger partial charge is 0.438 e. The minimum atomic E-state index is -0.293. The zero-order valence-electron chi connectivity index (χ0n) is 16.5. The lowest BCUT2D eigenvalue weighted by molar-refractivity contribution is -0.115. The van der Waals surface area contributed by atoms with E-state index in [9.17, 15) is 9.59 Å². The third-order valence-electron chi connectivity index (χ3n) is 4.68. The van der Waals surface area contributed by atoms with Gasteiger partial charge in [-0.2, -0.15) is 10.4 Å². The Bertz CT molecular complexity index is 1390. The average Bonchev–Trinajstić information content (AvgIpc) is 2.78. The summed E-state index contributed by atoms with van der Waals surface area (Å²) in [5.41, 5.74) is 1.92. The molecule has 0 aliphatic carbocycles. The number of amides is 1. The van der Waals surface area contributed by atoms with Gasteiger partial charge in [0.1, 0.15) is 17.4 Å². The molecule has 0 atom stereocenters. The van der Waals surface area contributed by atoms with E-state index in [1.165, 1.54) is 0 Å². The number of H-pyrrole nitrogens is 1. The first-order valence-corrected chi connectivity index (χ1v) is 9.45. The molecule has 0 aliphatic heterocycles. The number of pyridine rings is 1. The van der Waals surface area contributed by atoms with Gasteiger partial charge in [0.25, 0.3) is 5.56 Å². The summed E-state index contributed by atoms with van der Waals surface area (Å²) in [5.74, 6) is 0.453. The topological polar surface area (TPSA) is 121 Å². The van der Waals surface area contributed by atoms with Crippen LogP contribution in [-0.4, -0.2) is 21.1 Å². The molecule has 4 aromatic rings. The summed E-state index contributed by atoms with van der Waals surface area (Å²) < 4.78 is 5.71. The van der Waals surface area contributed by atoms with E-state index in [-0.39, 0.29) is 23.8 Å². The summed E-state index contributed by atoms with van der Waals surface area (Å²) in [4.78, 5) is 28.6. The average molecular weight is 411 g/mol. The van der Waals surface area contributed by atoms with Crippen LogP contribution in [0.25, 0.3) is 10.8 Å². The van der Waals surface area contributed by atoms with Crippen LogP contribution in [0.3, 0.4) is 0 Å². The standard InChI is InChI=1S/C23H17N5O3/c1-14-11-16(31-23-15(13-24)5-4-10-25-23)8-9-19(14)26-21(29)12-20-17-6-2-3-7-18(17)22(30)28-27-20/h2-11H,12H2,1H3,(H,26,29)(H,28,30). The molecular weight excluding hydrogens is 394 g/mol. The van der Waals surface area contributed by atoms with Crippen LogP contribution >= 0.6 is 0 Å². The number of hydrogen-bond acceptors (Lipinski definition) is 6. The number of rotatable bonds is 5. The van der Waals surface area contributed by atoms with Crippen molar-refractivity contribution in [3.8, 4) is 17.7 Å². The maximum atomic E-state index is 12.6. The summed E-state index contributed by atoms with van der Waals surface area (Å²) in [6, 6.07) is 17.5. The number of benzene rings is 2. The first kappa shape index (κ1) is 19.8. The lowest BCUT2D eigenvalue weighted by Gasteiger charge is -2.11. The molecule has 0 radical (unpaired) electrons. The molecule has 0 bridgehead atoms. The molecule has 0 fully saturated rings. The molecule has 0 spiro atoms. The number of nitrogens with one attached hydrogen (secondary N) is 2. The Morgan fingerprint density at radius 2 is 1.97 bits per heavy atom. The Morgan fingerprint density at radius 1 is 1.16 bits per heavy atom. The lowest BCUT2D eigenvalue weighted by Crippen LogP contribution is -2.18. The number of ether oxygens (including phenoxy) is 1. The highest BCUT2D eigenvalue weighted by molar-refractivity contribution is 5.95. The van der Waals surface area contributed by atoms with Gasteiger partial charge in [0.15, 0.2) is 0 Å². The molecule has 2 N–H and O–H groups in total. The van der Waals surface area contributed by atoms with Crippen molar-refractivity contribution >= 4 is 22.4 Å². The number of carbonyl (C=O) groups is 1. The Balaban J connectivity index is 1.50. The quantitative estimate of drug-likeness (QED) is 0.519. The molecule has 0 saturated carbocycles.